The number of hydrogen-bond acceptors (Lipinski definition) is 2. The normalized spacial score (nSPS) is 27.9. The van der Waals surface area contributed by atoms with Gasteiger partial charge in [0.05, 0.1) is 12.0 Å². The van der Waals surface area contributed by atoms with Crippen molar-refractivity contribution in [2.75, 3.05) is 13.1 Å². The van der Waals surface area contributed by atoms with E-state index >= 15 is 0 Å². The minimum absolute atomic E-state index is 0.408. The highest BCUT2D eigenvalue weighted by molar-refractivity contribution is 4.94. The molecule has 2 heterocycles. The number of imidazole rings is 1. The zero-order chi connectivity index (χ0) is 10.0. The summed E-state index contributed by atoms with van der Waals surface area (Å²) in [5.41, 5.74) is 1.52. The van der Waals surface area contributed by atoms with E-state index in [9.17, 15) is 0 Å². The lowest BCUT2D eigenvalue weighted by atomic mass is 9.83. The van der Waals surface area contributed by atoms with Crippen LogP contribution in [0.4, 0.5) is 0 Å². The summed E-state index contributed by atoms with van der Waals surface area (Å²) >= 11 is 0. The molecule has 78 valence electrons. The number of rotatable bonds is 2. The predicted octanol–water partition coefficient (Wildman–Crippen LogP) is 1.58. The van der Waals surface area contributed by atoms with Gasteiger partial charge in [-0.3, -0.25) is 0 Å². The molecule has 2 rings (SSSR count). The lowest BCUT2D eigenvalue weighted by Gasteiger charge is -2.34. The number of piperidine rings is 1. The Bertz CT molecular complexity index is 297. The third-order valence-corrected chi connectivity index (χ3v) is 3.01. The van der Waals surface area contributed by atoms with Crippen LogP contribution in [0.2, 0.25) is 0 Å². The minimum atomic E-state index is 0.408. The smallest absolute Gasteiger partial charge is 0.0949 e. The molecule has 0 radical (unpaired) electrons. The fourth-order valence-electron chi connectivity index (χ4n) is 2.25. The van der Waals surface area contributed by atoms with Gasteiger partial charge in [0.1, 0.15) is 0 Å². The van der Waals surface area contributed by atoms with Gasteiger partial charge in [0, 0.05) is 19.3 Å². The van der Waals surface area contributed by atoms with Gasteiger partial charge in [-0.2, -0.15) is 0 Å². The van der Waals surface area contributed by atoms with Gasteiger partial charge < -0.3 is 9.88 Å². The van der Waals surface area contributed by atoms with Gasteiger partial charge in [-0.15, -0.1) is 0 Å². The molecule has 1 fully saturated rings. The second-order valence-electron chi connectivity index (χ2n) is 4.78. The van der Waals surface area contributed by atoms with Crippen LogP contribution in [0.25, 0.3) is 0 Å². The lowest BCUT2D eigenvalue weighted by molar-refractivity contribution is 0.201. The van der Waals surface area contributed by atoms with E-state index in [0.29, 0.717) is 5.41 Å². The van der Waals surface area contributed by atoms with Crippen LogP contribution in [0.1, 0.15) is 25.5 Å². The summed E-state index contributed by atoms with van der Waals surface area (Å²) in [5, 5.41) is 3.47. The molecule has 0 aliphatic carbocycles. The van der Waals surface area contributed by atoms with Crippen LogP contribution in [0.15, 0.2) is 12.5 Å². The van der Waals surface area contributed by atoms with Gasteiger partial charge in [0.25, 0.3) is 0 Å². The van der Waals surface area contributed by atoms with Crippen molar-refractivity contribution in [1.82, 2.24) is 14.9 Å². The molecule has 1 atom stereocenters. The summed E-state index contributed by atoms with van der Waals surface area (Å²) in [7, 11) is 0. The van der Waals surface area contributed by atoms with Crippen LogP contribution in [-0.4, -0.2) is 22.6 Å². The highest BCUT2D eigenvalue weighted by Gasteiger charge is 2.26. The molecule has 3 heteroatoms. The van der Waals surface area contributed by atoms with Crippen molar-refractivity contribution in [1.29, 1.82) is 0 Å². The van der Waals surface area contributed by atoms with Gasteiger partial charge >= 0.3 is 0 Å². The highest BCUT2D eigenvalue weighted by atomic mass is 15.0. The maximum atomic E-state index is 4.26. The highest BCUT2D eigenvalue weighted by Crippen LogP contribution is 2.27. The van der Waals surface area contributed by atoms with E-state index in [1.54, 1.807) is 0 Å². The molecule has 1 N–H and O–H groups in total. The zero-order valence-electron chi connectivity index (χ0n) is 9.08. The van der Waals surface area contributed by atoms with Gasteiger partial charge in [-0.1, -0.05) is 6.92 Å². The molecule has 1 aromatic heterocycles. The average Bonchev–Trinajstić information content (AvgIpc) is 2.51. The van der Waals surface area contributed by atoms with Crippen LogP contribution in [-0.2, 0) is 6.54 Å². The first-order valence-corrected chi connectivity index (χ1v) is 5.37. The monoisotopic (exact) mass is 193 g/mol. The Labute approximate surface area is 85.5 Å². The standard InChI is InChI=1S/C11H19N3/c1-10-6-14(9-13-10)8-11(2)4-3-5-12-7-11/h6,9,12H,3-5,7-8H2,1-2H3/t11-/m1/s1. The molecule has 0 saturated carbocycles. The third-order valence-electron chi connectivity index (χ3n) is 3.01. The van der Waals surface area contributed by atoms with Gasteiger partial charge in [0.15, 0.2) is 0 Å². The Morgan fingerprint density at radius 2 is 2.50 bits per heavy atom. The molecule has 0 spiro atoms. The van der Waals surface area contributed by atoms with E-state index in [4.69, 9.17) is 0 Å². The van der Waals surface area contributed by atoms with Crippen molar-refractivity contribution in [3.63, 3.8) is 0 Å². The van der Waals surface area contributed by atoms with Crippen LogP contribution >= 0.6 is 0 Å². The zero-order valence-corrected chi connectivity index (χ0v) is 9.08. The summed E-state index contributed by atoms with van der Waals surface area (Å²) < 4.78 is 2.21. The fourth-order valence-corrected chi connectivity index (χ4v) is 2.25. The van der Waals surface area contributed by atoms with Crippen LogP contribution in [0, 0.1) is 12.3 Å². The first-order valence-electron chi connectivity index (χ1n) is 5.37. The third kappa shape index (κ3) is 2.15. The first-order chi connectivity index (χ1) is 6.68. The molecule has 14 heavy (non-hydrogen) atoms. The van der Waals surface area contributed by atoms with Gasteiger partial charge in [-0.25, -0.2) is 4.98 Å². The second kappa shape index (κ2) is 3.73. The Morgan fingerprint density at radius 3 is 3.07 bits per heavy atom. The molecule has 0 aromatic carbocycles. The van der Waals surface area contributed by atoms with Crippen molar-refractivity contribution in [3.05, 3.63) is 18.2 Å². The molecule has 0 bridgehead atoms. The number of nitrogens with one attached hydrogen (secondary N) is 1. The molecule has 0 amide bonds. The maximum Gasteiger partial charge on any atom is 0.0949 e. The molecule has 0 unspecified atom stereocenters. The Morgan fingerprint density at radius 1 is 1.64 bits per heavy atom. The number of hydrogen-bond donors (Lipinski definition) is 1. The maximum absolute atomic E-state index is 4.26. The fraction of sp³-hybridized carbons (Fsp3) is 0.727. The topological polar surface area (TPSA) is 29.9 Å². The molecule has 1 saturated heterocycles. The molecular weight excluding hydrogens is 174 g/mol. The van der Waals surface area contributed by atoms with Crippen LogP contribution in [0.3, 0.4) is 0 Å². The largest absolute Gasteiger partial charge is 0.337 e. The Hall–Kier alpha value is -0.830. The first kappa shape index (κ1) is 9.71. The summed E-state index contributed by atoms with van der Waals surface area (Å²) in [6.07, 6.45) is 6.68. The van der Waals surface area contributed by atoms with Crippen molar-refractivity contribution >= 4 is 0 Å². The second-order valence-corrected chi connectivity index (χ2v) is 4.78. The van der Waals surface area contributed by atoms with Crippen molar-refractivity contribution < 1.29 is 0 Å². The van der Waals surface area contributed by atoms with E-state index in [1.807, 2.05) is 13.3 Å². The number of aromatic nitrogens is 2. The molecule has 1 aromatic rings. The molecule has 1 aliphatic heterocycles. The Kier molecular flexibility index (Phi) is 2.59. The lowest BCUT2D eigenvalue weighted by Crippen LogP contribution is -2.40. The van der Waals surface area contributed by atoms with Crippen LogP contribution < -0.4 is 5.32 Å². The average molecular weight is 193 g/mol. The quantitative estimate of drug-likeness (QED) is 0.773. The number of aryl methyl sites for hydroxylation is 1. The van der Waals surface area contributed by atoms with Crippen molar-refractivity contribution in [2.24, 2.45) is 5.41 Å². The van der Waals surface area contributed by atoms with Crippen LogP contribution in [0.5, 0.6) is 0 Å². The minimum Gasteiger partial charge on any atom is -0.337 e. The van der Waals surface area contributed by atoms with E-state index in [1.165, 1.54) is 19.4 Å². The molecule has 1 aliphatic rings. The molecular formula is C11H19N3. The predicted molar refractivity (Wildman–Crippen MR) is 57.2 cm³/mol. The van der Waals surface area contributed by atoms with Crippen molar-refractivity contribution in [3.8, 4) is 0 Å². The van der Waals surface area contributed by atoms with E-state index in [0.717, 1.165) is 18.8 Å². The Balaban J connectivity index is 2.01. The molecule has 3 nitrogen and oxygen atoms in total. The van der Waals surface area contributed by atoms with E-state index in [2.05, 4.69) is 28.0 Å². The summed E-state index contributed by atoms with van der Waals surface area (Å²) in [4.78, 5) is 4.26. The summed E-state index contributed by atoms with van der Waals surface area (Å²) in [6, 6.07) is 0. The van der Waals surface area contributed by atoms with Crippen molar-refractivity contribution in [2.45, 2.75) is 33.2 Å². The summed E-state index contributed by atoms with van der Waals surface area (Å²) in [6.45, 7) is 7.79. The summed E-state index contributed by atoms with van der Waals surface area (Å²) in [5.74, 6) is 0. The SMILES string of the molecule is Cc1cn(C[C@]2(C)CCCNC2)cn1. The number of nitrogens with zero attached hydrogens (tertiary/aromatic N) is 2. The van der Waals surface area contributed by atoms with Gasteiger partial charge in [0.2, 0.25) is 0 Å². The van der Waals surface area contributed by atoms with Gasteiger partial charge in [-0.05, 0) is 31.7 Å². The van der Waals surface area contributed by atoms with E-state index < -0.39 is 0 Å². The van der Waals surface area contributed by atoms with E-state index in [-0.39, 0.29) is 0 Å².